The Morgan fingerprint density at radius 1 is 1.47 bits per heavy atom. The maximum Gasteiger partial charge on any atom is 0.137 e. The minimum atomic E-state index is -0.693. The van der Waals surface area contributed by atoms with Crippen molar-refractivity contribution in [3.8, 4) is 11.8 Å². The zero-order chi connectivity index (χ0) is 10.4. The molecule has 4 nitrogen and oxygen atoms in total. The molecule has 1 atom stereocenters. The number of para-hydroxylation sites is 1. The quantitative estimate of drug-likeness (QED) is 0.794. The Bertz CT molecular complexity index is 338. The van der Waals surface area contributed by atoms with Crippen LogP contribution in [0.4, 0.5) is 0 Å². The van der Waals surface area contributed by atoms with Crippen LogP contribution < -0.4 is 10.5 Å². The van der Waals surface area contributed by atoms with E-state index in [9.17, 15) is 0 Å². The van der Waals surface area contributed by atoms with Gasteiger partial charge in [0.1, 0.15) is 24.5 Å². The van der Waals surface area contributed by atoms with E-state index in [2.05, 4.69) is 0 Å². The highest BCUT2D eigenvalue weighted by Gasteiger charge is 2.05. The maximum absolute atomic E-state index is 9.15. The molecule has 0 saturated carbocycles. The molecular formula is C10H13ClN2O2. The zero-order valence-electron chi connectivity index (χ0n) is 8.09. The van der Waals surface area contributed by atoms with E-state index in [1.54, 1.807) is 24.3 Å². The van der Waals surface area contributed by atoms with Crippen LogP contribution in [-0.2, 0) is 0 Å². The van der Waals surface area contributed by atoms with Crippen LogP contribution in [0.25, 0.3) is 0 Å². The van der Waals surface area contributed by atoms with Crippen molar-refractivity contribution in [1.29, 1.82) is 5.26 Å². The highest BCUT2D eigenvalue weighted by atomic mass is 35.5. The average molecular weight is 229 g/mol. The van der Waals surface area contributed by atoms with E-state index >= 15 is 0 Å². The van der Waals surface area contributed by atoms with Gasteiger partial charge in [0.05, 0.1) is 5.56 Å². The molecule has 0 bridgehead atoms. The second-order valence-electron chi connectivity index (χ2n) is 2.81. The molecule has 1 aromatic carbocycles. The van der Waals surface area contributed by atoms with E-state index < -0.39 is 6.10 Å². The van der Waals surface area contributed by atoms with Crippen LogP contribution in [0.15, 0.2) is 24.3 Å². The normalized spacial score (nSPS) is 11.0. The van der Waals surface area contributed by atoms with Gasteiger partial charge < -0.3 is 15.6 Å². The third-order valence-electron chi connectivity index (χ3n) is 1.71. The molecule has 0 aliphatic rings. The maximum atomic E-state index is 9.15. The van der Waals surface area contributed by atoms with Gasteiger partial charge in [-0.25, -0.2) is 0 Å². The molecule has 0 radical (unpaired) electrons. The molecule has 3 N–H and O–H groups in total. The van der Waals surface area contributed by atoms with Crippen LogP contribution in [0.1, 0.15) is 5.56 Å². The van der Waals surface area contributed by atoms with Gasteiger partial charge in [0.15, 0.2) is 0 Å². The minimum Gasteiger partial charge on any atom is -0.489 e. The van der Waals surface area contributed by atoms with Gasteiger partial charge in [-0.3, -0.25) is 0 Å². The lowest BCUT2D eigenvalue weighted by atomic mass is 10.2. The van der Waals surface area contributed by atoms with Crippen LogP contribution >= 0.6 is 12.4 Å². The van der Waals surface area contributed by atoms with Gasteiger partial charge in [-0.15, -0.1) is 12.4 Å². The van der Waals surface area contributed by atoms with E-state index in [1.165, 1.54) is 0 Å². The number of benzene rings is 1. The molecule has 0 heterocycles. The number of nitrogens with zero attached hydrogens (tertiary/aromatic N) is 1. The Morgan fingerprint density at radius 2 is 2.13 bits per heavy atom. The summed E-state index contributed by atoms with van der Waals surface area (Å²) in [5, 5.41) is 17.9. The number of nitrogens with two attached hydrogens (primary N) is 1. The van der Waals surface area contributed by atoms with Crippen molar-refractivity contribution in [2.45, 2.75) is 6.10 Å². The molecule has 0 aromatic heterocycles. The van der Waals surface area contributed by atoms with Crippen molar-refractivity contribution in [2.24, 2.45) is 5.73 Å². The number of nitriles is 1. The summed E-state index contributed by atoms with van der Waals surface area (Å²) in [5.41, 5.74) is 5.67. The smallest absolute Gasteiger partial charge is 0.137 e. The number of hydrogen-bond acceptors (Lipinski definition) is 4. The summed E-state index contributed by atoms with van der Waals surface area (Å²) in [6.45, 7) is 0.254. The first-order valence-corrected chi connectivity index (χ1v) is 4.28. The lowest BCUT2D eigenvalue weighted by Crippen LogP contribution is -2.26. The number of hydrogen-bond donors (Lipinski definition) is 2. The summed E-state index contributed by atoms with van der Waals surface area (Å²) in [6, 6.07) is 8.86. The fourth-order valence-corrected chi connectivity index (χ4v) is 0.939. The Balaban J connectivity index is 0.00000196. The summed E-state index contributed by atoms with van der Waals surface area (Å²) < 4.78 is 5.23. The van der Waals surface area contributed by atoms with Gasteiger partial charge in [0, 0.05) is 6.54 Å². The number of rotatable bonds is 4. The molecule has 1 rings (SSSR count). The summed E-state index contributed by atoms with van der Waals surface area (Å²) in [6.07, 6.45) is -0.693. The second-order valence-corrected chi connectivity index (χ2v) is 2.81. The summed E-state index contributed by atoms with van der Waals surface area (Å²) in [5.74, 6) is 0.475. The molecule has 1 aromatic rings. The lowest BCUT2D eigenvalue weighted by molar-refractivity contribution is 0.114. The van der Waals surface area contributed by atoms with Crippen LogP contribution in [0, 0.1) is 11.3 Å². The minimum absolute atomic E-state index is 0. The Hall–Kier alpha value is -1.28. The fourth-order valence-electron chi connectivity index (χ4n) is 0.939. The standard InChI is InChI=1S/C10H12N2O2.ClH/c11-5-8-3-1-2-4-10(8)14-7-9(13)6-12;/h1-4,9,13H,6-7,12H2;1H. The Labute approximate surface area is 94.7 Å². The topological polar surface area (TPSA) is 79.3 Å². The van der Waals surface area contributed by atoms with Crippen molar-refractivity contribution in [3.63, 3.8) is 0 Å². The summed E-state index contributed by atoms with van der Waals surface area (Å²) in [7, 11) is 0. The van der Waals surface area contributed by atoms with Crippen LogP contribution in [0.3, 0.4) is 0 Å². The SMILES string of the molecule is Cl.N#Cc1ccccc1OCC(O)CN. The molecule has 1 unspecified atom stereocenters. The molecule has 5 heteroatoms. The zero-order valence-corrected chi connectivity index (χ0v) is 8.91. The van der Waals surface area contributed by atoms with E-state index in [-0.39, 0.29) is 25.6 Å². The first-order chi connectivity index (χ1) is 6.77. The summed E-state index contributed by atoms with van der Waals surface area (Å²) in [4.78, 5) is 0. The molecule has 82 valence electrons. The average Bonchev–Trinajstić information content (AvgIpc) is 2.26. The highest BCUT2D eigenvalue weighted by Crippen LogP contribution is 2.16. The van der Waals surface area contributed by atoms with Crippen molar-refractivity contribution in [3.05, 3.63) is 29.8 Å². The van der Waals surface area contributed by atoms with Crippen molar-refractivity contribution in [1.82, 2.24) is 0 Å². The Kier molecular flexibility index (Phi) is 6.47. The summed E-state index contributed by atoms with van der Waals surface area (Å²) >= 11 is 0. The molecule has 0 fully saturated rings. The fraction of sp³-hybridized carbons (Fsp3) is 0.300. The molecule has 15 heavy (non-hydrogen) atoms. The predicted molar refractivity (Wildman–Crippen MR) is 59.0 cm³/mol. The molecule has 0 amide bonds. The predicted octanol–water partition coefficient (Wildman–Crippen LogP) is 0.678. The molecule has 0 saturated heterocycles. The molecule has 0 aliphatic heterocycles. The third kappa shape index (κ3) is 4.17. The van der Waals surface area contributed by atoms with E-state index in [0.29, 0.717) is 11.3 Å². The van der Waals surface area contributed by atoms with Crippen molar-refractivity contribution >= 4 is 12.4 Å². The lowest BCUT2D eigenvalue weighted by Gasteiger charge is -2.10. The molecule has 0 aliphatic carbocycles. The molecular weight excluding hydrogens is 216 g/mol. The number of aliphatic hydroxyl groups excluding tert-OH is 1. The van der Waals surface area contributed by atoms with Gasteiger partial charge in [0.25, 0.3) is 0 Å². The van der Waals surface area contributed by atoms with Crippen molar-refractivity contribution < 1.29 is 9.84 Å². The first-order valence-electron chi connectivity index (χ1n) is 4.28. The first kappa shape index (κ1) is 13.7. The third-order valence-corrected chi connectivity index (χ3v) is 1.71. The van der Waals surface area contributed by atoms with Gasteiger partial charge in [-0.2, -0.15) is 5.26 Å². The van der Waals surface area contributed by atoms with Gasteiger partial charge >= 0.3 is 0 Å². The Morgan fingerprint density at radius 3 is 2.73 bits per heavy atom. The second kappa shape index (κ2) is 7.07. The highest BCUT2D eigenvalue weighted by molar-refractivity contribution is 5.85. The van der Waals surface area contributed by atoms with E-state index in [4.69, 9.17) is 20.8 Å². The molecule has 0 spiro atoms. The van der Waals surface area contributed by atoms with E-state index in [0.717, 1.165) is 0 Å². The van der Waals surface area contributed by atoms with Crippen LogP contribution in [-0.4, -0.2) is 24.4 Å². The number of halogens is 1. The number of ether oxygens (including phenoxy) is 1. The number of aliphatic hydroxyl groups is 1. The van der Waals surface area contributed by atoms with Gasteiger partial charge in [-0.1, -0.05) is 12.1 Å². The van der Waals surface area contributed by atoms with Crippen LogP contribution in [0.2, 0.25) is 0 Å². The van der Waals surface area contributed by atoms with Crippen molar-refractivity contribution in [2.75, 3.05) is 13.2 Å². The largest absolute Gasteiger partial charge is 0.489 e. The van der Waals surface area contributed by atoms with Crippen LogP contribution in [0.5, 0.6) is 5.75 Å². The van der Waals surface area contributed by atoms with E-state index in [1.807, 2.05) is 6.07 Å². The monoisotopic (exact) mass is 228 g/mol. The van der Waals surface area contributed by atoms with Gasteiger partial charge in [0.2, 0.25) is 0 Å². The van der Waals surface area contributed by atoms with Gasteiger partial charge in [-0.05, 0) is 12.1 Å².